The molecular formula is C21H26O5. The molecule has 0 spiro atoms. The number of aryl methyl sites for hydroxylation is 3. The van der Waals surface area contributed by atoms with E-state index in [4.69, 9.17) is 19.3 Å². The molecule has 5 heteroatoms. The van der Waals surface area contributed by atoms with Gasteiger partial charge < -0.3 is 19.3 Å². The zero-order valence-electron chi connectivity index (χ0n) is 15.8. The number of carbonyl (C=O) groups is 1. The Morgan fingerprint density at radius 2 is 1.69 bits per heavy atom. The molecule has 0 saturated carbocycles. The lowest BCUT2D eigenvalue weighted by molar-refractivity contribution is -0.136. The second-order valence-corrected chi connectivity index (χ2v) is 6.27. The first kappa shape index (κ1) is 19.6. The van der Waals surface area contributed by atoms with Gasteiger partial charge in [-0.25, -0.2) is 0 Å². The van der Waals surface area contributed by atoms with Crippen LogP contribution in [0.25, 0.3) is 0 Å². The lowest BCUT2D eigenvalue weighted by Crippen LogP contribution is -2.11. The Kier molecular flexibility index (Phi) is 6.89. The van der Waals surface area contributed by atoms with Crippen molar-refractivity contribution in [2.45, 2.75) is 33.6 Å². The minimum absolute atomic E-state index is 0.0565. The van der Waals surface area contributed by atoms with Crippen molar-refractivity contribution in [2.24, 2.45) is 0 Å². The van der Waals surface area contributed by atoms with Gasteiger partial charge in [-0.15, -0.1) is 0 Å². The molecule has 2 aromatic rings. The van der Waals surface area contributed by atoms with Crippen LogP contribution < -0.4 is 14.2 Å². The molecule has 0 bridgehead atoms. The van der Waals surface area contributed by atoms with E-state index in [0.717, 1.165) is 22.4 Å². The Hall–Kier alpha value is -2.69. The minimum atomic E-state index is -0.833. The summed E-state index contributed by atoms with van der Waals surface area (Å²) >= 11 is 0. The van der Waals surface area contributed by atoms with Crippen molar-refractivity contribution in [3.63, 3.8) is 0 Å². The highest BCUT2D eigenvalue weighted by Gasteiger charge is 2.09. The molecular weight excluding hydrogens is 332 g/mol. The molecule has 5 nitrogen and oxygen atoms in total. The zero-order valence-corrected chi connectivity index (χ0v) is 15.8. The molecule has 0 unspecified atom stereocenters. The van der Waals surface area contributed by atoms with Gasteiger partial charge in [0.1, 0.15) is 30.5 Å². The predicted molar refractivity (Wildman–Crippen MR) is 101 cm³/mol. The van der Waals surface area contributed by atoms with Gasteiger partial charge in [0.2, 0.25) is 0 Å². The third-order valence-electron chi connectivity index (χ3n) is 4.25. The predicted octanol–water partition coefficient (Wildman–Crippen LogP) is 4.10. The minimum Gasteiger partial charge on any atom is -0.497 e. The van der Waals surface area contributed by atoms with Gasteiger partial charge in [-0.3, -0.25) is 4.79 Å². The molecule has 0 fully saturated rings. The fourth-order valence-corrected chi connectivity index (χ4v) is 2.70. The molecule has 0 aliphatic rings. The Bertz CT molecular complexity index is 767. The second-order valence-electron chi connectivity index (χ2n) is 6.27. The van der Waals surface area contributed by atoms with Crippen LogP contribution in [0.15, 0.2) is 30.3 Å². The van der Waals surface area contributed by atoms with Crippen LogP contribution in [0.5, 0.6) is 17.2 Å². The first-order valence-corrected chi connectivity index (χ1v) is 8.63. The van der Waals surface area contributed by atoms with Gasteiger partial charge in [-0.05, 0) is 61.6 Å². The first-order chi connectivity index (χ1) is 12.4. The number of methoxy groups -OCH3 is 1. The summed E-state index contributed by atoms with van der Waals surface area (Å²) in [6.07, 6.45) is 0.465. The van der Waals surface area contributed by atoms with Gasteiger partial charge in [0.25, 0.3) is 0 Å². The van der Waals surface area contributed by atoms with E-state index in [1.807, 2.05) is 26.0 Å². The van der Waals surface area contributed by atoms with E-state index >= 15 is 0 Å². The van der Waals surface area contributed by atoms with Gasteiger partial charge in [-0.1, -0.05) is 12.1 Å². The molecule has 0 aliphatic carbocycles. The van der Waals surface area contributed by atoms with Crippen LogP contribution in [0, 0.1) is 20.8 Å². The third-order valence-corrected chi connectivity index (χ3v) is 4.25. The topological polar surface area (TPSA) is 65.0 Å². The lowest BCUT2D eigenvalue weighted by atomic mass is 10.1. The van der Waals surface area contributed by atoms with Crippen LogP contribution >= 0.6 is 0 Å². The molecule has 0 atom stereocenters. The molecule has 2 aromatic carbocycles. The summed E-state index contributed by atoms with van der Waals surface area (Å²) in [4.78, 5) is 10.8. The molecule has 1 N–H and O–H groups in total. The van der Waals surface area contributed by atoms with Crippen LogP contribution in [0.4, 0.5) is 0 Å². The van der Waals surface area contributed by atoms with Crippen molar-refractivity contribution in [2.75, 3.05) is 20.3 Å². The van der Waals surface area contributed by atoms with Crippen molar-refractivity contribution in [3.05, 3.63) is 52.6 Å². The van der Waals surface area contributed by atoms with E-state index in [0.29, 0.717) is 31.1 Å². The number of rotatable bonds is 9. The molecule has 0 amide bonds. The Morgan fingerprint density at radius 1 is 1.00 bits per heavy atom. The van der Waals surface area contributed by atoms with E-state index in [-0.39, 0.29) is 6.42 Å². The van der Waals surface area contributed by atoms with Crippen molar-refractivity contribution in [1.29, 1.82) is 0 Å². The third kappa shape index (κ3) is 5.41. The first-order valence-electron chi connectivity index (χ1n) is 8.63. The Morgan fingerprint density at radius 3 is 2.35 bits per heavy atom. The van der Waals surface area contributed by atoms with E-state index in [9.17, 15) is 4.79 Å². The Balaban J connectivity index is 1.99. The number of ether oxygens (including phenoxy) is 3. The summed E-state index contributed by atoms with van der Waals surface area (Å²) in [5.74, 6) is 1.33. The van der Waals surface area contributed by atoms with Crippen LogP contribution in [-0.2, 0) is 11.2 Å². The summed E-state index contributed by atoms with van der Waals surface area (Å²) in [7, 11) is 1.59. The highest BCUT2D eigenvalue weighted by atomic mass is 16.5. The fraction of sp³-hybridized carbons (Fsp3) is 0.381. The number of benzene rings is 2. The van der Waals surface area contributed by atoms with Gasteiger partial charge in [0.15, 0.2) is 0 Å². The van der Waals surface area contributed by atoms with Crippen molar-refractivity contribution in [1.82, 2.24) is 0 Å². The average molecular weight is 358 g/mol. The number of hydrogen-bond donors (Lipinski definition) is 1. The van der Waals surface area contributed by atoms with Crippen molar-refractivity contribution >= 4 is 5.97 Å². The van der Waals surface area contributed by atoms with Gasteiger partial charge in [0.05, 0.1) is 7.11 Å². The van der Waals surface area contributed by atoms with Crippen molar-refractivity contribution in [3.8, 4) is 17.2 Å². The summed E-state index contributed by atoms with van der Waals surface area (Å²) in [5.41, 5.74) is 4.33. The van der Waals surface area contributed by atoms with Crippen LogP contribution in [0.3, 0.4) is 0 Å². The standard InChI is InChI=1S/C21H26O5/c1-14-11-15(2)16(3)19(12-14)25-9-10-26-20-13-18(24-4)7-5-17(20)6-8-21(22)23/h5,7,11-13H,6,8-10H2,1-4H3,(H,22,23). The molecule has 140 valence electrons. The summed E-state index contributed by atoms with van der Waals surface area (Å²) in [5, 5.41) is 8.89. The highest BCUT2D eigenvalue weighted by Crippen LogP contribution is 2.27. The summed E-state index contributed by atoms with van der Waals surface area (Å²) in [6.45, 7) is 6.91. The molecule has 0 aliphatic heterocycles. The summed E-state index contributed by atoms with van der Waals surface area (Å²) in [6, 6.07) is 9.57. The van der Waals surface area contributed by atoms with E-state index in [1.54, 1.807) is 19.2 Å². The maximum absolute atomic E-state index is 10.8. The molecule has 26 heavy (non-hydrogen) atoms. The monoisotopic (exact) mass is 358 g/mol. The summed E-state index contributed by atoms with van der Waals surface area (Å²) < 4.78 is 16.9. The normalized spacial score (nSPS) is 10.5. The van der Waals surface area contributed by atoms with Crippen LogP contribution in [-0.4, -0.2) is 31.4 Å². The zero-order chi connectivity index (χ0) is 19.1. The van der Waals surface area contributed by atoms with Gasteiger partial charge in [-0.2, -0.15) is 0 Å². The van der Waals surface area contributed by atoms with Crippen LogP contribution in [0.2, 0.25) is 0 Å². The lowest BCUT2D eigenvalue weighted by Gasteiger charge is -2.15. The number of aliphatic carboxylic acids is 1. The SMILES string of the molecule is COc1ccc(CCC(=O)O)c(OCCOc2cc(C)cc(C)c2C)c1. The largest absolute Gasteiger partial charge is 0.497 e. The smallest absolute Gasteiger partial charge is 0.303 e. The van der Waals surface area contributed by atoms with Crippen LogP contribution in [0.1, 0.15) is 28.7 Å². The molecule has 0 radical (unpaired) electrons. The van der Waals surface area contributed by atoms with Gasteiger partial charge in [0, 0.05) is 12.5 Å². The quantitative estimate of drug-likeness (QED) is 0.684. The maximum Gasteiger partial charge on any atom is 0.303 e. The fourth-order valence-electron chi connectivity index (χ4n) is 2.70. The van der Waals surface area contributed by atoms with E-state index < -0.39 is 5.97 Å². The average Bonchev–Trinajstić information content (AvgIpc) is 2.61. The molecule has 2 rings (SSSR count). The number of carboxylic acids is 1. The molecule has 0 saturated heterocycles. The Labute approximate surface area is 154 Å². The van der Waals surface area contributed by atoms with E-state index in [2.05, 4.69) is 13.0 Å². The van der Waals surface area contributed by atoms with Gasteiger partial charge >= 0.3 is 5.97 Å². The highest BCUT2D eigenvalue weighted by molar-refractivity contribution is 5.67. The maximum atomic E-state index is 10.8. The number of hydrogen-bond acceptors (Lipinski definition) is 4. The second kappa shape index (κ2) is 9.13. The van der Waals surface area contributed by atoms with E-state index in [1.165, 1.54) is 5.56 Å². The molecule has 0 heterocycles. The molecule has 0 aromatic heterocycles. The van der Waals surface area contributed by atoms with Crippen molar-refractivity contribution < 1.29 is 24.1 Å². The number of carboxylic acid groups (broad SMARTS) is 1.